The average molecular weight is 243 g/mol. The summed E-state index contributed by atoms with van der Waals surface area (Å²) in [5.74, 6) is -0.504. The van der Waals surface area contributed by atoms with Crippen LogP contribution in [0.1, 0.15) is 16.2 Å². The lowest BCUT2D eigenvalue weighted by atomic mass is 10.1. The second-order valence-electron chi connectivity index (χ2n) is 3.75. The first kappa shape index (κ1) is 12.0. The molecule has 1 aromatic carbocycles. The molecule has 2 N–H and O–H groups in total. The van der Waals surface area contributed by atoms with E-state index in [1.54, 1.807) is 6.92 Å². The molecule has 1 aromatic heterocycles. The number of esters is 1. The number of aromatic nitrogens is 2. The Morgan fingerprint density at radius 2 is 1.89 bits per heavy atom. The maximum Gasteiger partial charge on any atom is 0.360 e. The summed E-state index contributed by atoms with van der Waals surface area (Å²) in [6, 6.07) is 9.49. The van der Waals surface area contributed by atoms with Crippen LogP contribution in [0.4, 0.5) is 5.82 Å². The molecule has 0 radical (unpaired) electrons. The van der Waals surface area contributed by atoms with Gasteiger partial charge in [-0.05, 0) is 6.92 Å². The number of hydrogen-bond donors (Lipinski definition) is 1. The van der Waals surface area contributed by atoms with Gasteiger partial charge in [0.15, 0.2) is 11.5 Å². The zero-order chi connectivity index (χ0) is 13.1. The third kappa shape index (κ3) is 2.15. The fourth-order valence-corrected chi connectivity index (χ4v) is 1.65. The lowest BCUT2D eigenvalue weighted by Crippen LogP contribution is -2.12. The normalized spacial score (nSPS) is 10.1. The Bertz CT molecular complexity index is 582. The molecule has 0 amide bonds. The number of nitrogen functional groups attached to an aromatic ring is 1. The molecule has 0 fully saturated rings. The Hall–Kier alpha value is -2.43. The van der Waals surface area contributed by atoms with E-state index in [1.807, 2.05) is 30.3 Å². The average Bonchev–Trinajstić information content (AvgIpc) is 2.39. The molecule has 2 aromatic rings. The van der Waals surface area contributed by atoms with Crippen LogP contribution in [0.2, 0.25) is 0 Å². The Balaban J connectivity index is 2.59. The van der Waals surface area contributed by atoms with Gasteiger partial charge < -0.3 is 10.5 Å². The Kier molecular flexibility index (Phi) is 3.23. The number of carbonyl (C=O) groups is 1. The third-order valence-electron chi connectivity index (χ3n) is 2.52. The Morgan fingerprint density at radius 3 is 2.50 bits per heavy atom. The fourth-order valence-electron chi connectivity index (χ4n) is 1.65. The smallest absolute Gasteiger partial charge is 0.360 e. The first-order valence-electron chi connectivity index (χ1n) is 5.41. The van der Waals surface area contributed by atoms with Crippen molar-refractivity contribution in [3.63, 3.8) is 0 Å². The highest BCUT2D eigenvalue weighted by molar-refractivity contribution is 5.92. The molecular weight excluding hydrogens is 230 g/mol. The van der Waals surface area contributed by atoms with Crippen molar-refractivity contribution in [1.82, 2.24) is 9.97 Å². The SMILES string of the molecule is COC(=O)c1nc(-c2ccccc2)c(C)nc1N. The zero-order valence-corrected chi connectivity index (χ0v) is 10.2. The largest absolute Gasteiger partial charge is 0.464 e. The van der Waals surface area contributed by atoms with Gasteiger partial charge >= 0.3 is 5.97 Å². The van der Waals surface area contributed by atoms with E-state index in [0.717, 1.165) is 5.56 Å². The topological polar surface area (TPSA) is 78.1 Å². The molecular formula is C13H13N3O2. The summed E-state index contributed by atoms with van der Waals surface area (Å²) >= 11 is 0. The van der Waals surface area contributed by atoms with Crippen LogP contribution in [0.15, 0.2) is 30.3 Å². The molecule has 18 heavy (non-hydrogen) atoms. The number of rotatable bonds is 2. The third-order valence-corrected chi connectivity index (χ3v) is 2.52. The summed E-state index contributed by atoms with van der Waals surface area (Å²) < 4.78 is 4.63. The minimum Gasteiger partial charge on any atom is -0.464 e. The van der Waals surface area contributed by atoms with Crippen LogP contribution in [-0.4, -0.2) is 23.0 Å². The number of carbonyl (C=O) groups excluding carboxylic acids is 1. The van der Waals surface area contributed by atoms with E-state index in [2.05, 4.69) is 14.7 Å². The lowest BCUT2D eigenvalue weighted by molar-refractivity contribution is 0.0595. The minimum absolute atomic E-state index is 0.0435. The van der Waals surface area contributed by atoms with E-state index in [-0.39, 0.29) is 11.5 Å². The number of ether oxygens (including phenoxy) is 1. The van der Waals surface area contributed by atoms with Crippen molar-refractivity contribution in [1.29, 1.82) is 0 Å². The molecule has 0 atom stereocenters. The van der Waals surface area contributed by atoms with Gasteiger partial charge in [0, 0.05) is 5.56 Å². The summed E-state index contributed by atoms with van der Waals surface area (Å²) in [6.45, 7) is 1.80. The standard InChI is InChI=1S/C13H13N3O2/c1-8-10(9-6-4-3-5-7-9)16-11(12(14)15-8)13(17)18-2/h3-7H,1-2H3,(H2,14,15). The van der Waals surface area contributed by atoms with Crippen molar-refractivity contribution in [2.24, 2.45) is 0 Å². The second-order valence-corrected chi connectivity index (χ2v) is 3.75. The summed E-state index contributed by atoms with van der Waals surface area (Å²) in [6.07, 6.45) is 0. The zero-order valence-electron chi connectivity index (χ0n) is 10.2. The van der Waals surface area contributed by atoms with Gasteiger partial charge in [0.25, 0.3) is 0 Å². The number of aryl methyl sites for hydroxylation is 1. The summed E-state index contributed by atoms with van der Waals surface area (Å²) in [7, 11) is 1.28. The van der Waals surface area contributed by atoms with Gasteiger partial charge in [-0.1, -0.05) is 30.3 Å². The molecule has 0 aliphatic carbocycles. The van der Waals surface area contributed by atoms with E-state index in [9.17, 15) is 4.79 Å². The molecule has 0 aliphatic heterocycles. The van der Waals surface area contributed by atoms with Crippen molar-refractivity contribution in [3.8, 4) is 11.3 Å². The molecule has 0 saturated carbocycles. The molecule has 0 unspecified atom stereocenters. The molecule has 0 bridgehead atoms. The van der Waals surface area contributed by atoms with Crippen molar-refractivity contribution in [3.05, 3.63) is 41.7 Å². The number of nitrogens with two attached hydrogens (primary N) is 1. The predicted molar refractivity (Wildman–Crippen MR) is 68.0 cm³/mol. The van der Waals surface area contributed by atoms with E-state index >= 15 is 0 Å². The summed E-state index contributed by atoms with van der Waals surface area (Å²) in [5.41, 5.74) is 7.90. The predicted octanol–water partition coefficient (Wildman–Crippen LogP) is 1.82. The van der Waals surface area contributed by atoms with Gasteiger partial charge in [-0.3, -0.25) is 0 Å². The molecule has 5 heteroatoms. The highest BCUT2D eigenvalue weighted by Gasteiger charge is 2.17. The lowest BCUT2D eigenvalue weighted by Gasteiger charge is -2.08. The van der Waals surface area contributed by atoms with Crippen molar-refractivity contribution < 1.29 is 9.53 Å². The van der Waals surface area contributed by atoms with E-state index in [0.29, 0.717) is 11.4 Å². The quantitative estimate of drug-likeness (QED) is 0.814. The van der Waals surface area contributed by atoms with Crippen molar-refractivity contribution in [2.45, 2.75) is 6.92 Å². The first-order valence-corrected chi connectivity index (χ1v) is 5.41. The Morgan fingerprint density at radius 1 is 1.22 bits per heavy atom. The van der Waals surface area contributed by atoms with Crippen LogP contribution in [0.25, 0.3) is 11.3 Å². The number of anilines is 1. The van der Waals surface area contributed by atoms with Crippen LogP contribution in [0, 0.1) is 6.92 Å². The number of nitrogens with zero attached hydrogens (tertiary/aromatic N) is 2. The van der Waals surface area contributed by atoms with Crippen LogP contribution in [0.3, 0.4) is 0 Å². The van der Waals surface area contributed by atoms with Crippen molar-refractivity contribution in [2.75, 3.05) is 12.8 Å². The molecule has 0 saturated heterocycles. The highest BCUT2D eigenvalue weighted by atomic mass is 16.5. The van der Waals surface area contributed by atoms with Crippen LogP contribution < -0.4 is 5.73 Å². The second kappa shape index (κ2) is 4.83. The molecule has 2 rings (SSSR count). The summed E-state index contributed by atoms with van der Waals surface area (Å²) in [4.78, 5) is 19.9. The van der Waals surface area contributed by atoms with Crippen LogP contribution in [0.5, 0.6) is 0 Å². The number of benzene rings is 1. The first-order chi connectivity index (χ1) is 8.63. The highest BCUT2D eigenvalue weighted by Crippen LogP contribution is 2.22. The maximum absolute atomic E-state index is 11.5. The molecule has 1 heterocycles. The molecule has 5 nitrogen and oxygen atoms in total. The maximum atomic E-state index is 11.5. The number of hydrogen-bond acceptors (Lipinski definition) is 5. The minimum atomic E-state index is -0.586. The van der Waals surface area contributed by atoms with Gasteiger partial charge in [-0.25, -0.2) is 14.8 Å². The molecule has 0 aliphatic rings. The van der Waals surface area contributed by atoms with Crippen molar-refractivity contribution >= 4 is 11.8 Å². The molecule has 0 spiro atoms. The van der Waals surface area contributed by atoms with Crippen LogP contribution >= 0.6 is 0 Å². The van der Waals surface area contributed by atoms with Gasteiger partial charge in [0.1, 0.15) is 0 Å². The van der Waals surface area contributed by atoms with E-state index in [1.165, 1.54) is 7.11 Å². The van der Waals surface area contributed by atoms with E-state index in [4.69, 9.17) is 5.73 Å². The Labute approximate surface area is 105 Å². The van der Waals surface area contributed by atoms with Gasteiger partial charge in [-0.2, -0.15) is 0 Å². The van der Waals surface area contributed by atoms with Gasteiger partial charge in [-0.15, -0.1) is 0 Å². The van der Waals surface area contributed by atoms with Gasteiger partial charge in [0.2, 0.25) is 0 Å². The summed E-state index contributed by atoms with van der Waals surface area (Å²) in [5, 5.41) is 0. The van der Waals surface area contributed by atoms with Gasteiger partial charge in [0.05, 0.1) is 18.5 Å². The van der Waals surface area contributed by atoms with Crippen LogP contribution in [-0.2, 0) is 4.74 Å². The van der Waals surface area contributed by atoms with E-state index < -0.39 is 5.97 Å². The monoisotopic (exact) mass is 243 g/mol. The molecule has 92 valence electrons. The number of methoxy groups -OCH3 is 1. The fraction of sp³-hybridized carbons (Fsp3) is 0.154.